The van der Waals surface area contributed by atoms with Crippen molar-refractivity contribution in [2.24, 2.45) is 5.73 Å². The van der Waals surface area contributed by atoms with Crippen LogP contribution in [0, 0.1) is 0 Å². The van der Waals surface area contributed by atoms with Gasteiger partial charge in [0.25, 0.3) is 0 Å². The second-order valence-electron chi connectivity index (χ2n) is 5.39. The van der Waals surface area contributed by atoms with Crippen LogP contribution in [0.1, 0.15) is 26.7 Å². The predicted octanol–water partition coefficient (Wildman–Crippen LogP) is 2.79. The molecule has 0 bridgehead atoms. The van der Waals surface area contributed by atoms with Crippen molar-refractivity contribution in [3.8, 4) is 5.75 Å². The molecule has 0 aromatic heterocycles. The van der Waals surface area contributed by atoms with Crippen molar-refractivity contribution in [3.63, 3.8) is 0 Å². The summed E-state index contributed by atoms with van der Waals surface area (Å²) >= 11 is 11.8. The maximum absolute atomic E-state index is 11.9. The van der Waals surface area contributed by atoms with Crippen molar-refractivity contribution >= 4 is 41.5 Å². The van der Waals surface area contributed by atoms with Gasteiger partial charge >= 0.3 is 0 Å². The molecule has 1 rings (SSSR count). The second-order valence-corrected chi connectivity index (χ2v) is 6.18. The van der Waals surface area contributed by atoms with Crippen LogP contribution in [0.25, 0.3) is 0 Å². The molecular formula is C15H23Cl3N2O3. The molecule has 5 nitrogen and oxygen atoms in total. The highest BCUT2D eigenvalue weighted by atomic mass is 35.5. The molecule has 2 atom stereocenters. The van der Waals surface area contributed by atoms with Gasteiger partial charge in [-0.3, -0.25) is 4.79 Å². The summed E-state index contributed by atoms with van der Waals surface area (Å²) in [6, 6.07) is 4.99. The quantitative estimate of drug-likeness (QED) is 0.642. The predicted molar refractivity (Wildman–Crippen MR) is 95.7 cm³/mol. The van der Waals surface area contributed by atoms with Crippen molar-refractivity contribution in [1.29, 1.82) is 0 Å². The standard InChI is InChI=1S/C15H22Cl2N2O3.ClH/c1-3-7-15(2,18)14(21)19-8-10(20)9-22-12-6-4-5-11(16)13(12)17;/h4-6,10,20H,3,7-9,18H2,1-2H3,(H,19,21);1H. The van der Waals surface area contributed by atoms with Gasteiger partial charge in [0.05, 0.1) is 10.6 Å². The third kappa shape index (κ3) is 7.14. The number of hydrogen-bond donors (Lipinski definition) is 3. The zero-order valence-electron chi connectivity index (χ0n) is 13.1. The highest BCUT2D eigenvalue weighted by Crippen LogP contribution is 2.31. The summed E-state index contributed by atoms with van der Waals surface area (Å²) in [6.45, 7) is 3.65. The first-order chi connectivity index (χ1) is 10.3. The highest BCUT2D eigenvalue weighted by Gasteiger charge is 2.27. The van der Waals surface area contributed by atoms with E-state index in [-0.39, 0.29) is 36.5 Å². The number of carbonyl (C=O) groups excluding carboxylic acids is 1. The lowest BCUT2D eigenvalue weighted by atomic mass is 9.96. The van der Waals surface area contributed by atoms with E-state index in [1.165, 1.54) is 0 Å². The van der Waals surface area contributed by atoms with Crippen LogP contribution in [0.2, 0.25) is 10.0 Å². The van der Waals surface area contributed by atoms with Crippen molar-refractivity contribution < 1.29 is 14.6 Å². The molecule has 0 radical (unpaired) electrons. The molecule has 2 unspecified atom stereocenters. The number of nitrogens with two attached hydrogens (primary N) is 1. The van der Waals surface area contributed by atoms with Crippen molar-refractivity contribution in [2.45, 2.75) is 38.3 Å². The number of nitrogens with one attached hydrogen (secondary N) is 1. The SMILES string of the molecule is CCCC(C)(N)C(=O)NCC(O)COc1cccc(Cl)c1Cl.Cl. The number of halogens is 3. The van der Waals surface area contributed by atoms with Gasteiger partial charge in [-0.05, 0) is 25.5 Å². The summed E-state index contributed by atoms with van der Waals surface area (Å²) in [6.07, 6.45) is 0.500. The highest BCUT2D eigenvalue weighted by molar-refractivity contribution is 6.42. The van der Waals surface area contributed by atoms with Crippen LogP contribution in [0.3, 0.4) is 0 Å². The molecule has 0 heterocycles. The Hall–Kier alpha value is -0.720. The number of hydrogen-bond acceptors (Lipinski definition) is 4. The Morgan fingerprint density at radius 2 is 2.13 bits per heavy atom. The van der Waals surface area contributed by atoms with Crippen molar-refractivity contribution in [3.05, 3.63) is 28.2 Å². The Bertz CT molecular complexity index is 513. The summed E-state index contributed by atoms with van der Waals surface area (Å²) in [5.74, 6) is 0.0865. The first-order valence-corrected chi connectivity index (χ1v) is 7.85. The number of rotatable bonds is 8. The normalized spacial score (nSPS) is 14.3. The number of benzene rings is 1. The minimum Gasteiger partial charge on any atom is -0.489 e. The van der Waals surface area contributed by atoms with E-state index in [1.807, 2.05) is 6.92 Å². The molecule has 1 aromatic carbocycles. The van der Waals surface area contributed by atoms with E-state index in [2.05, 4.69) is 5.32 Å². The van der Waals surface area contributed by atoms with Crippen LogP contribution in [0.4, 0.5) is 0 Å². The molecule has 1 amide bonds. The molecule has 1 aromatic rings. The topological polar surface area (TPSA) is 84.6 Å². The zero-order valence-corrected chi connectivity index (χ0v) is 15.5. The average Bonchev–Trinajstić information content (AvgIpc) is 2.46. The Labute approximate surface area is 152 Å². The van der Waals surface area contributed by atoms with Crippen LogP contribution < -0.4 is 15.8 Å². The van der Waals surface area contributed by atoms with Crippen LogP contribution in [0.5, 0.6) is 5.75 Å². The van der Waals surface area contributed by atoms with E-state index in [0.717, 1.165) is 6.42 Å². The van der Waals surface area contributed by atoms with Gasteiger partial charge in [0, 0.05) is 6.54 Å². The molecule has 0 spiro atoms. The van der Waals surface area contributed by atoms with E-state index in [1.54, 1.807) is 25.1 Å². The molecule has 0 saturated heterocycles. The fourth-order valence-electron chi connectivity index (χ4n) is 1.89. The third-order valence-electron chi connectivity index (χ3n) is 3.13. The summed E-state index contributed by atoms with van der Waals surface area (Å²) in [5.41, 5.74) is 4.96. The van der Waals surface area contributed by atoms with E-state index in [0.29, 0.717) is 17.2 Å². The van der Waals surface area contributed by atoms with Crippen LogP contribution in [0.15, 0.2) is 18.2 Å². The number of aliphatic hydroxyl groups excluding tert-OH is 1. The molecule has 0 aliphatic carbocycles. The van der Waals surface area contributed by atoms with Crippen LogP contribution >= 0.6 is 35.6 Å². The fraction of sp³-hybridized carbons (Fsp3) is 0.533. The lowest BCUT2D eigenvalue weighted by molar-refractivity contribution is -0.126. The van der Waals surface area contributed by atoms with E-state index >= 15 is 0 Å². The molecule has 8 heteroatoms. The van der Waals surface area contributed by atoms with Gasteiger partial charge in [-0.15, -0.1) is 12.4 Å². The molecule has 0 saturated carbocycles. The molecule has 4 N–H and O–H groups in total. The van der Waals surface area contributed by atoms with E-state index in [4.69, 9.17) is 33.7 Å². The summed E-state index contributed by atoms with van der Waals surface area (Å²) in [7, 11) is 0. The number of ether oxygens (including phenoxy) is 1. The maximum Gasteiger partial charge on any atom is 0.239 e. The number of amides is 1. The smallest absolute Gasteiger partial charge is 0.239 e. The van der Waals surface area contributed by atoms with Gasteiger partial charge in [0.2, 0.25) is 5.91 Å². The summed E-state index contributed by atoms with van der Waals surface area (Å²) < 4.78 is 5.40. The van der Waals surface area contributed by atoms with E-state index < -0.39 is 11.6 Å². The van der Waals surface area contributed by atoms with Crippen LogP contribution in [-0.2, 0) is 4.79 Å². The Kier molecular flexibility index (Phi) is 9.89. The van der Waals surface area contributed by atoms with Crippen molar-refractivity contribution in [1.82, 2.24) is 5.32 Å². The third-order valence-corrected chi connectivity index (χ3v) is 3.94. The minimum absolute atomic E-state index is 0. The van der Waals surface area contributed by atoms with Gasteiger partial charge in [-0.25, -0.2) is 0 Å². The lowest BCUT2D eigenvalue weighted by Gasteiger charge is -2.23. The second kappa shape index (κ2) is 10.2. The van der Waals surface area contributed by atoms with Gasteiger partial charge in [-0.1, -0.05) is 42.6 Å². The first kappa shape index (κ1) is 22.3. The molecule has 0 aliphatic rings. The Balaban J connectivity index is 0.00000484. The molecule has 0 fully saturated rings. The maximum atomic E-state index is 11.9. The van der Waals surface area contributed by atoms with E-state index in [9.17, 15) is 9.90 Å². The number of aliphatic hydroxyl groups is 1. The lowest BCUT2D eigenvalue weighted by Crippen LogP contribution is -2.53. The summed E-state index contributed by atoms with van der Waals surface area (Å²) in [5, 5.41) is 13.1. The Morgan fingerprint density at radius 1 is 1.48 bits per heavy atom. The van der Waals surface area contributed by atoms with Crippen LogP contribution in [-0.4, -0.2) is 35.8 Å². The largest absolute Gasteiger partial charge is 0.489 e. The fourth-order valence-corrected chi connectivity index (χ4v) is 2.23. The molecule has 23 heavy (non-hydrogen) atoms. The first-order valence-electron chi connectivity index (χ1n) is 7.10. The molecular weight excluding hydrogens is 363 g/mol. The average molecular weight is 386 g/mol. The summed E-state index contributed by atoms with van der Waals surface area (Å²) in [4.78, 5) is 11.9. The minimum atomic E-state index is -0.939. The van der Waals surface area contributed by atoms with Gasteiger partial charge in [-0.2, -0.15) is 0 Å². The van der Waals surface area contributed by atoms with Crippen molar-refractivity contribution in [2.75, 3.05) is 13.2 Å². The number of carbonyl (C=O) groups is 1. The Morgan fingerprint density at radius 3 is 2.74 bits per heavy atom. The van der Waals surface area contributed by atoms with Gasteiger partial charge < -0.3 is 20.9 Å². The molecule has 0 aliphatic heterocycles. The monoisotopic (exact) mass is 384 g/mol. The van der Waals surface area contributed by atoms with Gasteiger partial charge in [0.15, 0.2) is 0 Å². The zero-order chi connectivity index (χ0) is 16.8. The molecule has 132 valence electrons. The van der Waals surface area contributed by atoms with Gasteiger partial charge in [0.1, 0.15) is 23.5 Å².